The molecule has 0 radical (unpaired) electrons. The molecule has 0 saturated heterocycles. The highest BCUT2D eigenvalue weighted by molar-refractivity contribution is 7.45. The topological polar surface area (TPSA) is 111 Å². The highest BCUT2D eigenvalue weighted by Gasteiger charge is 2.21. The number of phosphoric ester groups is 1. The van der Waals surface area contributed by atoms with Crippen molar-refractivity contribution >= 4 is 19.8 Å². The normalized spacial score (nSPS) is 14.3. The van der Waals surface area contributed by atoms with Crippen molar-refractivity contribution in [1.82, 2.24) is 0 Å². The molecule has 246 valence electrons. The lowest BCUT2D eigenvalue weighted by Gasteiger charge is -2.28. The third kappa shape index (κ3) is 28.6. The molecule has 0 aromatic rings. The van der Waals surface area contributed by atoms with Gasteiger partial charge in [0.1, 0.15) is 19.8 Å². The van der Waals surface area contributed by atoms with Crippen LogP contribution in [0.3, 0.4) is 0 Å². The SMILES string of the molecule is CCCCC/C=C\C/C=C\CCCCCCCCCC(=O)OC(COC(=O)CCC)COP(=O)([O-])OCC[N+](C)(C)C. The van der Waals surface area contributed by atoms with Crippen LogP contribution in [0.4, 0.5) is 0 Å². The fourth-order valence-corrected chi connectivity index (χ4v) is 4.62. The van der Waals surface area contributed by atoms with E-state index in [4.69, 9.17) is 18.5 Å². The number of quaternary nitrogens is 1. The Bertz CT molecular complexity index is 794. The molecular weight excluding hydrogens is 557 g/mol. The summed E-state index contributed by atoms with van der Waals surface area (Å²) in [5, 5.41) is 0. The number of hydrogen-bond donors (Lipinski definition) is 0. The number of phosphoric acid groups is 1. The van der Waals surface area contributed by atoms with Gasteiger partial charge in [-0.1, -0.05) is 83.1 Å². The number of ether oxygens (including phenoxy) is 2. The average Bonchev–Trinajstić information content (AvgIpc) is 2.91. The van der Waals surface area contributed by atoms with Crippen molar-refractivity contribution in [2.24, 2.45) is 0 Å². The van der Waals surface area contributed by atoms with Crippen molar-refractivity contribution in [3.05, 3.63) is 24.3 Å². The second-order valence-corrected chi connectivity index (χ2v) is 13.2. The first-order valence-electron chi connectivity index (χ1n) is 16.0. The van der Waals surface area contributed by atoms with Crippen molar-refractivity contribution in [3.63, 3.8) is 0 Å². The Balaban J connectivity index is 4.17. The summed E-state index contributed by atoms with van der Waals surface area (Å²) in [7, 11) is 1.15. The number of rotatable bonds is 28. The molecule has 0 aliphatic rings. The Morgan fingerprint density at radius 2 is 1.33 bits per heavy atom. The maximum absolute atomic E-state index is 12.4. The third-order valence-corrected chi connectivity index (χ3v) is 7.41. The highest BCUT2D eigenvalue weighted by Crippen LogP contribution is 2.38. The molecular formula is C32H60NO8P. The third-order valence-electron chi connectivity index (χ3n) is 6.44. The summed E-state index contributed by atoms with van der Waals surface area (Å²) in [6.07, 6.45) is 23.7. The number of esters is 2. The zero-order valence-corrected chi connectivity index (χ0v) is 28.1. The highest BCUT2D eigenvalue weighted by atomic mass is 31.2. The second kappa shape index (κ2) is 25.9. The summed E-state index contributed by atoms with van der Waals surface area (Å²) in [6.45, 7) is 3.77. The number of unbranched alkanes of at least 4 members (excludes halogenated alkanes) is 10. The van der Waals surface area contributed by atoms with E-state index in [1.165, 1.54) is 44.9 Å². The van der Waals surface area contributed by atoms with Gasteiger partial charge < -0.3 is 27.9 Å². The van der Waals surface area contributed by atoms with Gasteiger partial charge in [0.15, 0.2) is 6.10 Å². The van der Waals surface area contributed by atoms with Gasteiger partial charge in [-0.25, -0.2) is 0 Å². The number of allylic oxidation sites excluding steroid dienone is 4. The molecule has 2 unspecified atom stereocenters. The predicted molar refractivity (Wildman–Crippen MR) is 167 cm³/mol. The number of nitrogens with zero attached hydrogens (tertiary/aromatic N) is 1. The van der Waals surface area contributed by atoms with E-state index >= 15 is 0 Å². The molecule has 0 amide bonds. The van der Waals surface area contributed by atoms with Gasteiger partial charge >= 0.3 is 11.9 Å². The van der Waals surface area contributed by atoms with Crippen LogP contribution >= 0.6 is 7.82 Å². The molecule has 0 aliphatic carbocycles. The van der Waals surface area contributed by atoms with E-state index in [0.29, 0.717) is 23.9 Å². The molecule has 0 aliphatic heterocycles. The Kier molecular flexibility index (Phi) is 25.0. The molecule has 0 aromatic heterocycles. The van der Waals surface area contributed by atoms with Crippen LogP contribution < -0.4 is 4.89 Å². The van der Waals surface area contributed by atoms with Crippen LogP contribution in [0.1, 0.15) is 117 Å². The maximum atomic E-state index is 12.4. The largest absolute Gasteiger partial charge is 0.756 e. The smallest absolute Gasteiger partial charge is 0.306 e. The summed E-state index contributed by atoms with van der Waals surface area (Å²) in [6, 6.07) is 0. The van der Waals surface area contributed by atoms with E-state index in [-0.39, 0.29) is 26.1 Å². The van der Waals surface area contributed by atoms with Crippen molar-refractivity contribution in [1.29, 1.82) is 0 Å². The number of carbonyl (C=O) groups is 2. The Labute approximate surface area is 256 Å². The minimum absolute atomic E-state index is 0.0333. The monoisotopic (exact) mass is 617 g/mol. The van der Waals surface area contributed by atoms with Crippen LogP contribution in [0.25, 0.3) is 0 Å². The summed E-state index contributed by atoms with van der Waals surface area (Å²) in [5.41, 5.74) is 0. The van der Waals surface area contributed by atoms with E-state index in [0.717, 1.165) is 32.1 Å². The Hall–Kier alpha value is -1.51. The first-order valence-corrected chi connectivity index (χ1v) is 17.5. The molecule has 42 heavy (non-hydrogen) atoms. The van der Waals surface area contributed by atoms with Crippen molar-refractivity contribution in [3.8, 4) is 0 Å². The van der Waals surface area contributed by atoms with E-state index in [2.05, 4.69) is 31.2 Å². The van der Waals surface area contributed by atoms with E-state index in [1.807, 2.05) is 28.1 Å². The average molecular weight is 618 g/mol. The van der Waals surface area contributed by atoms with Crippen LogP contribution in [-0.4, -0.2) is 70.0 Å². The van der Waals surface area contributed by atoms with Crippen LogP contribution in [0, 0.1) is 0 Å². The fourth-order valence-electron chi connectivity index (χ4n) is 3.90. The van der Waals surface area contributed by atoms with Crippen LogP contribution in [-0.2, 0) is 32.7 Å². The van der Waals surface area contributed by atoms with Crippen LogP contribution in [0.5, 0.6) is 0 Å². The molecule has 0 N–H and O–H groups in total. The van der Waals surface area contributed by atoms with Gasteiger partial charge in [-0.05, 0) is 44.9 Å². The molecule has 0 spiro atoms. The van der Waals surface area contributed by atoms with Crippen molar-refractivity contribution < 1.29 is 42.1 Å². The predicted octanol–water partition coefficient (Wildman–Crippen LogP) is 7.04. The van der Waals surface area contributed by atoms with Gasteiger partial charge in [0.25, 0.3) is 7.82 Å². The lowest BCUT2D eigenvalue weighted by molar-refractivity contribution is -0.870. The lowest BCUT2D eigenvalue weighted by atomic mass is 10.1. The molecule has 0 aromatic carbocycles. The van der Waals surface area contributed by atoms with E-state index in [9.17, 15) is 19.0 Å². The molecule has 0 fully saturated rings. The zero-order chi connectivity index (χ0) is 31.5. The standard InChI is InChI=1S/C32H60NO8P/c1-6-8-9-10-11-12-13-14-15-16-17-18-19-20-21-22-23-25-32(35)41-30(28-38-31(34)24-7-2)29-40-42(36,37)39-27-26-33(3,4)5/h11-12,14-15,30H,6-10,13,16-29H2,1-5H3/b12-11-,15-14-. The first kappa shape index (κ1) is 40.5. The van der Waals surface area contributed by atoms with Gasteiger partial charge in [-0.3, -0.25) is 14.2 Å². The summed E-state index contributed by atoms with van der Waals surface area (Å²) in [5.74, 6) is -0.909. The quantitative estimate of drug-likeness (QED) is 0.0302. The Morgan fingerprint density at radius 1 is 0.738 bits per heavy atom. The van der Waals surface area contributed by atoms with E-state index < -0.39 is 32.5 Å². The number of carbonyl (C=O) groups excluding carboxylic acids is 2. The van der Waals surface area contributed by atoms with Gasteiger partial charge in [-0.2, -0.15) is 0 Å². The van der Waals surface area contributed by atoms with Gasteiger partial charge in [-0.15, -0.1) is 0 Å². The minimum atomic E-state index is -4.59. The lowest BCUT2D eigenvalue weighted by Crippen LogP contribution is -2.37. The molecule has 0 heterocycles. The molecule has 0 saturated carbocycles. The number of likely N-dealkylation sites (N-methyl/N-ethyl adjacent to an activating group) is 1. The summed E-state index contributed by atoms with van der Waals surface area (Å²) >= 11 is 0. The van der Waals surface area contributed by atoms with Gasteiger partial charge in [0.2, 0.25) is 0 Å². The van der Waals surface area contributed by atoms with Gasteiger partial charge in [0, 0.05) is 12.8 Å². The van der Waals surface area contributed by atoms with Crippen molar-refractivity contribution in [2.45, 2.75) is 123 Å². The fraction of sp³-hybridized carbons (Fsp3) is 0.812. The molecule has 0 bridgehead atoms. The Morgan fingerprint density at radius 3 is 1.93 bits per heavy atom. The molecule has 2 atom stereocenters. The van der Waals surface area contributed by atoms with Crippen LogP contribution in [0.15, 0.2) is 24.3 Å². The van der Waals surface area contributed by atoms with Gasteiger partial charge in [0.05, 0.1) is 27.7 Å². The zero-order valence-electron chi connectivity index (χ0n) is 27.2. The van der Waals surface area contributed by atoms with E-state index in [1.54, 1.807) is 0 Å². The van der Waals surface area contributed by atoms with Crippen LogP contribution in [0.2, 0.25) is 0 Å². The van der Waals surface area contributed by atoms with Crippen molar-refractivity contribution in [2.75, 3.05) is 47.5 Å². The minimum Gasteiger partial charge on any atom is -0.756 e. The second-order valence-electron chi connectivity index (χ2n) is 11.8. The molecule has 9 nitrogen and oxygen atoms in total. The summed E-state index contributed by atoms with van der Waals surface area (Å²) in [4.78, 5) is 36.3. The number of hydrogen-bond acceptors (Lipinski definition) is 8. The molecule has 10 heteroatoms. The summed E-state index contributed by atoms with van der Waals surface area (Å²) < 4.78 is 33.0. The maximum Gasteiger partial charge on any atom is 0.306 e. The molecule has 0 rings (SSSR count). The first-order chi connectivity index (χ1) is 20.0.